The predicted octanol–water partition coefficient (Wildman–Crippen LogP) is 3.65. The minimum absolute atomic E-state index is 0.156. The maximum atomic E-state index is 12.3. The molecule has 0 spiro atoms. The first-order valence-corrected chi connectivity index (χ1v) is 10.9. The number of fused-ring (bicyclic) bond motifs is 2. The largest absolute Gasteiger partial charge is 0.348 e. The third kappa shape index (κ3) is 3.75. The second-order valence-electron chi connectivity index (χ2n) is 9.02. The van der Waals surface area contributed by atoms with Gasteiger partial charge in [0, 0.05) is 49.1 Å². The van der Waals surface area contributed by atoms with Gasteiger partial charge in [0.2, 0.25) is 0 Å². The van der Waals surface area contributed by atoms with E-state index in [1.807, 2.05) is 20.0 Å². The molecule has 3 fully saturated rings. The van der Waals surface area contributed by atoms with Crippen molar-refractivity contribution in [2.24, 2.45) is 11.8 Å². The number of ketones is 1. The molecule has 2 atom stereocenters. The molecule has 2 saturated heterocycles. The van der Waals surface area contributed by atoms with Crippen LogP contribution in [0.2, 0.25) is 0 Å². The van der Waals surface area contributed by atoms with Crippen molar-refractivity contribution < 1.29 is 4.79 Å². The second kappa shape index (κ2) is 7.86. The number of aromatic nitrogens is 2. The van der Waals surface area contributed by atoms with E-state index in [-0.39, 0.29) is 11.8 Å². The van der Waals surface area contributed by atoms with Crippen LogP contribution in [-0.4, -0.2) is 52.4 Å². The molecule has 3 heterocycles. The third-order valence-electron chi connectivity index (χ3n) is 6.99. The van der Waals surface area contributed by atoms with Gasteiger partial charge in [-0.05, 0) is 51.1 Å². The van der Waals surface area contributed by atoms with Crippen LogP contribution >= 0.6 is 0 Å². The number of piperazine rings is 1. The van der Waals surface area contributed by atoms with Gasteiger partial charge in [0.05, 0.1) is 0 Å². The van der Waals surface area contributed by atoms with Crippen LogP contribution in [0, 0.1) is 11.8 Å². The lowest BCUT2D eigenvalue weighted by Crippen LogP contribution is -2.54. The molecule has 148 valence electrons. The number of carbonyl (C=O) groups excluding carboxylic acids is 1. The van der Waals surface area contributed by atoms with Crippen LogP contribution < -0.4 is 4.90 Å². The number of hydrogen-bond acceptors (Lipinski definition) is 5. The zero-order chi connectivity index (χ0) is 19.0. The summed E-state index contributed by atoms with van der Waals surface area (Å²) in [4.78, 5) is 27.1. The van der Waals surface area contributed by atoms with Gasteiger partial charge in [0.25, 0.3) is 0 Å². The Morgan fingerprint density at radius 1 is 1.11 bits per heavy atom. The number of hydrogen-bond donors (Lipinski definition) is 0. The Hall–Kier alpha value is -1.49. The summed E-state index contributed by atoms with van der Waals surface area (Å²) in [5, 5.41) is 0. The number of likely N-dealkylation sites (tertiary alicyclic amines) is 1. The Bertz CT molecular complexity index is 654. The summed E-state index contributed by atoms with van der Waals surface area (Å²) in [5.74, 6) is 3.39. The van der Waals surface area contributed by atoms with E-state index in [0.29, 0.717) is 23.8 Å². The smallest absolute Gasteiger partial charge is 0.138 e. The molecule has 5 nitrogen and oxygen atoms in total. The van der Waals surface area contributed by atoms with Crippen molar-refractivity contribution in [3.63, 3.8) is 0 Å². The molecule has 0 aromatic carbocycles. The molecule has 0 radical (unpaired) electrons. The standard InChI is InChI=1S/C22H34N4O/c1-4-25-13-18-9-10-19(14-25)26(18)20-11-12-23-22(24-20)17-7-5-16(6-8-17)21(27)15(2)3/h11-12,15-19H,4-10,13-14H2,1-3H3/t16-,17+,18?,19?. The first kappa shape index (κ1) is 18.9. The van der Waals surface area contributed by atoms with E-state index in [9.17, 15) is 4.79 Å². The fourth-order valence-corrected chi connectivity index (χ4v) is 5.43. The average Bonchev–Trinajstić information content (AvgIpc) is 2.97. The minimum atomic E-state index is 0.156. The topological polar surface area (TPSA) is 49.3 Å². The van der Waals surface area contributed by atoms with E-state index in [1.54, 1.807) is 0 Å². The average molecular weight is 371 g/mol. The zero-order valence-corrected chi connectivity index (χ0v) is 17.1. The van der Waals surface area contributed by atoms with Gasteiger partial charge in [-0.2, -0.15) is 0 Å². The van der Waals surface area contributed by atoms with Crippen LogP contribution in [0.15, 0.2) is 12.3 Å². The van der Waals surface area contributed by atoms with Gasteiger partial charge in [-0.25, -0.2) is 9.97 Å². The Labute approximate surface area is 163 Å². The van der Waals surface area contributed by atoms with Crippen molar-refractivity contribution in [2.75, 3.05) is 24.5 Å². The van der Waals surface area contributed by atoms with Crippen LogP contribution in [0.25, 0.3) is 0 Å². The van der Waals surface area contributed by atoms with Crippen molar-refractivity contribution in [1.82, 2.24) is 14.9 Å². The van der Waals surface area contributed by atoms with Gasteiger partial charge < -0.3 is 4.90 Å². The summed E-state index contributed by atoms with van der Waals surface area (Å²) >= 11 is 0. The van der Waals surface area contributed by atoms with Gasteiger partial charge in [-0.3, -0.25) is 9.69 Å². The van der Waals surface area contributed by atoms with E-state index in [2.05, 4.69) is 27.8 Å². The van der Waals surface area contributed by atoms with Crippen LogP contribution in [0.3, 0.4) is 0 Å². The van der Waals surface area contributed by atoms with Crippen LogP contribution in [0.5, 0.6) is 0 Å². The molecule has 27 heavy (non-hydrogen) atoms. The number of likely N-dealkylation sites (N-methyl/N-ethyl adjacent to an activating group) is 1. The molecular formula is C22H34N4O. The molecule has 1 saturated carbocycles. The summed E-state index contributed by atoms with van der Waals surface area (Å²) in [6.45, 7) is 9.77. The number of rotatable bonds is 5. The molecule has 2 unspecified atom stereocenters. The molecule has 2 bridgehead atoms. The highest BCUT2D eigenvalue weighted by atomic mass is 16.1. The molecule has 0 amide bonds. The first-order valence-electron chi connectivity index (χ1n) is 10.9. The van der Waals surface area contributed by atoms with Crippen LogP contribution in [0.1, 0.15) is 71.0 Å². The summed E-state index contributed by atoms with van der Waals surface area (Å²) < 4.78 is 0. The van der Waals surface area contributed by atoms with Crippen molar-refractivity contribution in [1.29, 1.82) is 0 Å². The van der Waals surface area contributed by atoms with Crippen LogP contribution in [-0.2, 0) is 4.79 Å². The molecule has 0 N–H and O–H groups in total. The SMILES string of the molecule is CCN1CC2CCC(C1)N2c1ccnc([C@H]2CC[C@@H](C(=O)C(C)C)CC2)n1. The molecule has 2 aliphatic heterocycles. The Morgan fingerprint density at radius 3 is 2.37 bits per heavy atom. The lowest BCUT2D eigenvalue weighted by Gasteiger charge is -2.41. The lowest BCUT2D eigenvalue weighted by molar-refractivity contribution is -0.126. The van der Waals surface area contributed by atoms with Crippen molar-refractivity contribution >= 4 is 11.6 Å². The van der Waals surface area contributed by atoms with E-state index in [1.165, 1.54) is 12.8 Å². The number of anilines is 1. The second-order valence-corrected chi connectivity index (χ2v) is 9.02. The molecule has 4 rings (SSSR count). The zero-order valence-electron chi connectivity index (χ0n) is 17.1. The normalized spacial score (nSPS) is 31.5. The Morgan fingerprint density at radius 2 is 1.78 bits per heavy atom. The minimum Gasteiger partial charge on any atom is -0.348 e. The van der Waals surface area contributed by atoms with Gasteiger partial charge in [0.15, 0.2) is 0 Å². The van der Waals surface area contributed by atoms with Gasteiger partial charge in [0.1, 0.15) is 17.4 Å². The lowest BCUT2D eigenvalue weighted by atomic mass is 9.77. The van der Waals surface area contributed by atoms with E-state index < -0.39 is 0 Å². The highest BCUT2D eigenvalue weighted by Crippen LogP contribution is 2.38. The first-order chi connectivity index (χ1) is 13.1. The van der Waals surface area contributed by atoms with E-state index in [0.717, 1.165) is 57.0 Å². The molecule has 1 aliphatic carbocycles. The Kier molecular flexibility index (Phi) is 5.49. The third-order valence-corrected chi connectivity index (χ3v) is 6.99. The van der Waals surface area contributed by atoms with Crippen molar-refractivity contribution in [3.8, 4) is 0 Å². The maximum absolute atomic E-state index is 12.3. The maximum Gasteiger partial charge on any atom is 0.138 e. The molecule has 1 aromatic heterocycles. The molecule has 5 heteroatoms. The fourth-order valence-electron chi connectivity index (χ4n) is 5.43. The Balaban J connectivity index is 1.44. The van der Waals surface area contributed by atoms with Gasteiger partial charge in [-0.15, -0.1) is 0 Å². The van der Waals surface area contributed by atoms with Gasteiger partial charge >= 0.3 is 0 Å². The van der Waals surface area contributed by atoms with Crippen molar-refractivity contribution in [3.05, 3.63) is 18.1 Å². The molecular weight excluding hydrogens is 336 g/mol. The number of nitrogens with zero attached hydrogens (tertiary/aromatic N) is 4. The highest BCUT2D eigenvalue weighted by Gasteiger charge is 2.40. The quantitative estimate of drug-likeness (QED) is 0.792. The monoisotopic (exact) mass is 370 g/mol. The summed E-state index contributed by atoms with van der Waals surface area (Å²) in [6, 6.07) is 3.31. The predicted molar refractivity (Wildman–Crippen MR) is 108 cm³/mol. The highest BCUT2D eigenvalue weighted by molar-refractivity contribution is 5.82. The summed E-state index contributed by atoms with van der Waals surface area (Å²) in [6.07, 6.45) is 8.60. The van der Waals surface area contributed by atoms with Crippen molar-refractivity contribution in [2.45, 2.75) is 77.3 Å². The molecule has 1 aromatic rings. The van der Waals surface area contributed by atoms with Crippen LogP contribution in [0.4, 0.5) is 5.82 Å². The number of carbonyl (C=O) groups is 1. The summed E-state index contributed by atoms with van der Waals surface area (Å²) in [5.41, 5.74) is 0. The van der Waals surface area contributed by atoms with E-state index >= 15 is 0 Å². The fraction of sp³-hybridized carbons (Fsp3) is 0.773. The number of Topliss-reactive ketones (excluding diaryl/α,β-unsaturated/α-hetero) is 1. The summed E-state index contributed by atoms with van der Waals surface area (Å²) in [7, 11) is 0. The molecule has 3 aliphatic rings. The van der Waals surface area contributed by atoms with E-state index in [4.69, 9.17) is 4.98 Å². The van der Waals surface area contributed by atoms with Gasteiger partial charge in [-0.1, -0.05) is 20.8 Å².